The molecule has 1 radical (unpaired) electrons. The van der Waals surface area contributed by atoms with E-state index in [0.717, 1.165) is 25.7 Å². The van der Waals surface area contributed by atoms with Crippen LogP contribution >= 0.6 is 0 Å². The standard InChI is InChI=1S/2C11H22O2.Co/c2*1-2-3-4-5-6-7-8-9-10-11(12)13;/h2*2-10H2,1H3,(H,12,13);/q;;+2/p-2. The fraction of sp³-hybridized carbons (Fsp3) is 0.909. The smallest absolute Gasteiger partial charge is 0.550 e. The molecule has 0 aromatic rings. The van der Waals surface area contributed by atoms with Gasteiger partial charge in [-0.25, -0.2) is 0 Å². The van der Waals surface area contributed by atoms with Crippen molar-refractivity contribution in [1.29, 1.82) is 0 Å². The van der Waals surface area contributed by atoms with Gasteiger partial charge in [0.05, 0.1) is 0 Å². The second-order valence-corrected chi connectivity index (χ2v) is 7.19. The fourth-order valence-electron chi connectivity index (χ4n) is 2.81. The third-order valence-electron chi connectivity index (χ3n) is 4.47. The summed E-state index contributed by atoms with van der Waals surface area (Å²) >= 11 is 0. The normalized spacial score (nSPS) is 9.85. The minimum Gasteiger partial charge on any atom is -0.550 e. The molecule has 0 bridgehead atoms. The summed E-state index contributed by atoms with van der Waals surface area (Å²) < 4.78 is 0. The van der Waals surface area contributed by atoms with Crippen LogP contribution in [-0.2, 0) is 26.4 Å². The molecule has 0 rings (SSSR count). The van der Waals surface area contributed by atoms with E-state index >= 15 is 0 Å². The minimum absolute atomic E-state index is 0. The van der Waals surface area contributed by atoms with E-state index in [1.54, 1.807) is 0 Å². The van der Waals surface area contributed by atoms with Crippen LogP contribution in [0, 0.1) is 0 Å². The Morgan fingerprint density at radius 2 is 0.704 bits per heavy atom. The van der Waals surface area contributed by atoms with Gasteiger partial charge in [0.15, 0.2) is 0 Å². The van der Waals surface area contributed by atoms with Crippen molar-refractivity contribution in [2.45, 2.75) is 129 Å². The Morgan fingerprint density at radius 1 is 0.481 bits per heavy atom. The van der Waals surface area contributed by atoms with Crippen molar-refractivity contribution in [1.82, 2.24) is 0 Å². The maximum atomic E-state index is 10.1. The van der Waals surface area contributed by atoms with Gasteiger partial charge in [0.2, 0.25) is 0 Å². The molecule has 0 unspecified atom stereocenters. The Balaban J connectivity index is -0.000000411. The van der Waals surface area contributed by atoms with Crippen molar-refractivity contribution in [2.75, 3.05) is 0 Å². The molecule has 0 spiro atoms. The summed E-state index contributed by atoms with van der Waals surface area (Å²) in [7, 11) is 0. The number of rotatable bonds is 18. The van der Waals surface area contributed by atoms with Gasteiger partial charge in [-0.3, -0.25) is 0 Å². The molecule has 27 heavy (non-hydrogen) atoms. The molecule has 0 aliphatic carbocycles. The second-order valence-electron chi connectivity index (χ2n) is 7.19. The summed E-state index contributed by atoms with van der Waals surface area (Å²) in [5.41, 5.74) is 0. The van der Waals surface area contributed by atoms with Crippen molar-refractivity contribution in [3.05, 3.63) is 0 Å². The molecule has 0 aliphatic rings. The van der Waals surface area contributed by atoms with Gasteiger partial charge in [0.25, 0.3) is 0 Å². The molecule has 5 heteroatoms. The molecular weight excluding hydrogens is 387 g/mol. The minimum atomic E-state index is -0.911. The van der Waals surface area contributed by atoms with E-state index < -0.39 is 11.9 Å². The monoisotopic (exact) mass is 429 g/mol. The van der Waals surface area contributed by atoms with Crippen LogP contribution in [0.2, 0.25) is 0 Å². The average Bonchev–Trinajstić information content (AvgIpc) is 2.60. The maximum absolute atomic E-state index is 10.1. The molecule has 0 saturated heterocycles. The summed E-state index contributed by atoms with van der Waals surface area (Å²) in [6.07, 6.45) is 19.5. The summed E-state index contributed by atoms with van der Waals surface area (Å²) in [5, 5.41) is 20.1. The molecule has 0 N–H and O–H groups in total. The van der Waals surface area contributed by atoms with Crippen molar-refractivity contribution in [3.63, 3.8) is 0 Å². The van der Waals surface area contributed by atoms with Crippen LogP contribution in [0.1, 0.15) is 129 Å². The van der Waals surface area contributed by atoms with E-state index in [-0.39, 0.29) is 29.6 Å². The molecule has 0 amide bonds. The van der Waals surface area contributed by atoms with E-state index in [0.29, 0.717) is 0 Å². The molecular formula is C22H42CoO4. The fourth-order valence-corrected chi connectivity index (χ4v) is 2.81. The van der Waals surface area contributed by atoms with E-state index in [2.05, 4.69) is 13.8 Å². The van der Waals surface area contributed by atoms with Gasteiger partial charge >= 0.3 is 16.8 Å². The van der Waals surface area contributed by atoms with Crippen LogP contribution in [0.3, 0.4) is 0 Å². The van der Waals surface area contributed by atoms with Gasteiger partial charge in [0.1, 0.15) is 0 Å². The number of carbonyl (C=O) groups excluding carboxylic acids is 2. The van der Waals surface area contributed by atoms with Gasteiger partial charge in [-0.1, -0.05) is 104 Å². The summed E-state index contributed by atoms with van der Waals surface area (Å²) in [6.45, 7) is 4.42. The molecule has 0 aromatic heterocycles. The van der Waals surface area contributed by atoms with Gasteiger partial charge in [-0.15, -0.1) is 0 Å². The Hall–Kier alpha value is -0.554. The van der Waals surface area contributed by atoms with Crippen molar-refractivity contribution in [3.8, 4) is 0 Å². The topological polar surface area (TPSA) is 80.3 Å². The molecule has 163 valence electrons. The number of carboxylic acids is 2. The molecule has 0 saturated carbocycles. The number of hydrogen-bond acceptors (Lipinski definition) is 4. The Morgan fingerprint density at radius 3 is 0.926 bits per heavy atom. The Kier molecular flexibility index (Phi) is 31.9. The quantitative estimate of drug-likeness (QED) is 0.300. The first kappa shape index (κ1) is 31.2. The number of carbonyl (C=O) groups is 2. The number of hydrogen-bond donors (Lipinski definition) is 0. The van der Waals surface area contributed by atoms with Gasteiger partial charge in [-0.05, 0) is 25.7 Å². The second kappa shape index (κ2) is 27.7. The summed E-state index contributed by atoms with van der Waals surface area (Å²) in [5.74, 6) is -1.82. The molecule has 4 nitrogen and oxygen atoms in total. The SMILES string of the molecule is CCCCCCCCCCC(=O)[O-].CCCCCCCCCCC(=O)[O-].[Co+2]. The van der Waals surface area contributed by atoms with E-state index in [9.17, 15) is 19.8 Å². The third kappa shape index (κ3) is 37.0. The zero-order valence-electron chi connectivity index (χ0n) is 17.7. The first-order valence-corrected chi connectivity index (χ1v) is 10.9. The van der Waals surface area contributed by atoms with Crippen LogP contribution in [0.15, 0.2) is 0 Å². The molecule has 0 atom stereocenters. The van der Waals surface area contributed by atoms with Crippen LogP contribution in [-0.4, -0.2) is 11.9 Å². The van der Waals surface area contributed by atoms with Crippen LogP contribution < -0.4 is 10.2 Å². The maximum Gasteiger partial charge on any atom is 2.00 e. The van der Waals surface area contributed by atoms with E-state index in [1.165, 1.54) is 77.0 Å². The number of unbranched alkanes of at least 4 members (excludes halogenated alkanes) is 14. The molecule has 0 aliphatic heterocycles. The van der Waals surface area contributed by atoms with Crippen molar-refractivity contribution in [2.24, 2.45) is 0 Å². The molecule has 0 fully saturated rings. The zero-order valence-corrected chi connectivity index (χ0v) is 18.7. The predicted octanol–water partition coefficient (Wildman–Crippen LogP) is 4.53. The summed E-state index contributed by atoms with van der Waals surface area (Å²) in [4.78, 5) is 20.1. The average molecular weight is 430 g/mol. The first-order chi connectivity index (χ1) is 12.5. The predicted molar refractivity (Wildman–Crippen MR) is 104 cm³/mol. The first-order valence-electron chi connectivity index (χ1n) is 10.9. The van der Waals surface area contributed by atoms with E-state index in [1.807, 2.05) is 0 Å². The largest absolute Gasteiger partial charge is 2.00 e. The molecule has 0 heterocycles. The number of aliphatic carboxylic acids is 2. The summed E-state index contributed by atoms with van der Waals surface area (Å²) in [6, 6.07) is 0. The van der Waals surface area contributed by atoms with Crippen molar-refractivity contribution >= 4 is 11.9 Å². The number of carboxylic acid groups (broad SMARTS) is 2. The van der Waals surface area contributed by atoms with Crippen LogP contribution in [0.25, 0.3) is 0 Å². The van der Waals surface area contributed by atoms with Crippen molar-refractivity contribution < 1.29 is 36.6 Å². The third-order valence-corrected chi connectivity index (χ3v) is 4.47. The Bertz CT molecular complexity index is 279. The van der Waals surface area contributed by atoms with Gasteiger partial charge < -0.3 is 19.8 Å². The molecule has 0 aromatic carbocycles. The zero-order chi connectivity index (χ0) is 19.9. The van der Waals surface area contributed by atoms with Gasteiger partial charge in [0, 0.05) is 11.9 Å². The van der Waals surface area contributed by atoms with Gasteiger partial charge in [-0.2, -0.15) is 0 Å². The van der Waals surface area contributed by atoms with E-state index in [4.69, 9.17) is 0 Å². The van der Waals surface area contributed by atoms with Crippen LogP contribution in [0.5, 0.6) is 0 Å². The van der Waals surface area contributed by atoms with Crippen LogP contribution in [0.4, 0.5) is 0 Å². The Labute approximate surface area is 178 Å².